The average Bonchev–Trinajstić information content (AvgIpc) is 3.53. The van der Waals surface area contributed by atoms with Crippen LogP contribution in [0.5, 0.6) is 5.75 Å². The SMILES string of the molecule is C=CCN1CC(=O)N2[C@@H](Cc3ccc(OP(=O)(ON)ON)cc3)C(=O)N(Cc3csc4ccccc34)C[C@@H]2N1C(=O)NCc1ccccc1. The Bertz CT molecular complexity index is 1870. The number of hydrogen-bond donors (Lipinski definition) is 3. The van der Waals surface area contributed by atoms with Crippen LogP contribution in [0.1, 0.15) is 16.7 Å². The van der Waals surface area contributed by atoms with E-state index >= 15 is 0 Å². The maximum atomic E-state index is 14.4. The summed E-state index contributed by atoms with van der Waals surface area (Å²) in [7, 11) is -4.21. The molecule has 49 heavy (non-hydrogen) atoms. The lowest BCUT2D eigenvalue weighted by Crippen LogP contribution is -2.76. The van der Waals surface area contributed by atoms with Gasteiger partial charge < -0.3 is 19.6 Å². The molecule has 0 aliphatic carbocycles. The molecule has 2 atom stereocenters. The van der Waals surface area contributed by atoms with Gasteiger partial charge in [0.25, 0.3) is 0 Å². The number of phosphoric acid groups is 1. The van der Waals surface area contributed by atoms with E-state index in [9.17, 15) is 18.9 Å². The maximum Gasteiger partial charge on any atom is 0.563 e. The summed E-state index contributed by atoms with van der Waals surface area (Å²) in [6.07, 6.45) is 0.956. The van der Waals surface area contributed by atoms with Crippen LogP contribution in [0.2, 0.25) is 0 Å². The number of nitrogens with zero attached hydrogens (tertiary/aromatic N) is 4. The number of nitrogens with one attached hydrogen (secondary N) is 1. The highest BCUT2D eigenvalue weighted by atomic mass is 32.1. The van der Waals surface area contributed by atoms with E-state index in [0.29, 0.717) is 12.1 Å². The van der Waals surface area contributed by atoms with Crippen LogP contribution in [-0.4, -0.2) is 69.5 Å². The molecule has 0 bridgehead atoms. The van der Waals surface area contributed by atoms with Gasteiger partial charge >= 0.3 is 13.9 Å². The molecule has 16 heteroatoms. The summed E-state index contributed by atoms with van der Waals surface area (Å²) in [6, 6.07) is 22.4. The van der Waals surface area contributed by atoms with E-state index in [0.717, 1.165) is 21.2 Å². The van der Waals surface area contributed by atoms with Crippen molar-refractivity contribution >= 4 is 47.1 Å². The summed E-state index contributed by atoms with van der Waals surface area (Å²) in [5.41, 5.74) is 2.56. The minimum absolute atomic E-state index is 0.0946. The smallest absolute Gasteiger partial charge is 0.402 e. The van der Waals surface area contributed by atoms with Crippen LogP contribution < -0.4 is 21.6 Å². The van der Waals surface area contributed by atoms with Crippen LogP contribution in [0.15, 0.2) is 96.9 Å². The number of rotatable bonds is 12. The normalized spacial score (nSPS) is 18.4. The Morgan fingerprint density at radius 3 is 2.43 bits per heavy atom. The fourth-order valence-electron chi connectivity index (χ4n) is 6.17. The quantitative estimate of drug-likeness (QED) is 0.112. The van der Waals surface area contributed by atoms with Crippen LogP contribution in [0, 0.1) is 0 Å². The first-order valence-corrected chi connectivity index (χ1v) is 17.7. The summed E-state index contributed by atoms with van der Waals surface area (Å²) in [4.78, 5) is 45.5. The molecule has 2 saturated heterocycles. The molecular weight excluding hydrogens is 669 g/mol. The summed E-state index contributed by atoms with van der Waals surface area (Å²) in [6.45, 7) is 4.62. The minimum atomic E-state index is -4.21. The van der Waals surface area contributed by atoms with Crippen molar-refractivity contribution in [2.45, 2.75) is 31.7 Å². The largest absolute Gasteiger partial charge is 0.563 e. The van der Waals surface area contributed by atoms with Crippen molar-refractivity contribution in [2.24, 2.45) is 11.8 Å². The van der Waals surface area contributed by atoms with E-state index in [1.165, 1.54) is 22.0 Å². The third kappa shape index (κ3) is 7.38. The lowest BCUT2D eigenvalue weighted by molar-refractivity contribution is -0.189. The number of thiophene rings is 1. The monoisotopic (exact) mass is 705 g/mol. The molecule has 5 N–H and O–H groups in total. The Balaban J connectivity index is 1.33. The minimum Gasteiger partial charge on any atom is -0.402 e. The van der Waals surface area contributed by atoms with Crippen LogP contribution >= 0.6 is 19.2 Å². The summed E-state index contributed by atoms with van der Waals surface area (Å²) in [5.74, 6) is 9.55. The van der Waals surface area contributed by atoms with Gasteiger partial charge in [0.1, 0.15) is 18.0 Å². The van der Waals surface area contributed by atoms with Gasteiger partial charge in [-0.15, -0.1) is 17.9 Å². The third-order valence-electron chi connectivity index (χ3n) is 8.41. The van der Waals surface area contributed by atoms with E-state index in [-0.39, 0.29) is 50.2 Å². The molecule has 0 radical (unpaired) electrons. The van der Waals surface area contributed by atoms with Crippen molar-refractivity contribution in [3.63, 3.8) is 0 Å². The van der Waals surface area contributed by atoms with Gasteiger partial charge in [-0.3, -0.25) is 9.59 Å². The molecule has 0 spiro atoms. The molecule has 3 heterocycles. The summed E-state index contributed by atoms with van der Waals surface area (Å²) < 4.78 is 27.0. The first-order valence-electron chi connectivity index (χ1n) is 15.4. The molecule has 4 amide bonds. The zero-order valence-corrected chi connectivity index (χ0v) is 28.1. The predicted octanol–water partition coefficient (Wildman–Crippen LogP) is 3.91. The number of benzene rings is 3. The third-order valence-corrected chi connectivity index (χ3v) is 10.4. The second kappa shape index (κ2) is 14.9. The second-order valence-electron chi connectivity index (χ2n) is 11.5. The van der Waals surface area contributed by atoms with Gasteiger partial charge in [0.15, 0.2) is 0 Å². The molecule has 6 rings (SSSR count). The lowest BCUT2D eigenvalue weighted by atomic mass is 9.98. The van der Waals surface area contributed by atoms with Gasteiger partial charge in [0.2, 0.25) is 11.8 Å². The zero-order valence-electron chi connectivity index (χ0n) is 26.4. The van der Waals surface area contributed by atoms with Crippen LogP contribution in [-0.2, 0) is 42.9 Å². The highest BCUT2D eigenvalue weighted by Crippen LogP contribution is 2.46. The van der Waals surface area contributed by atoms with Gasteiger partial charge in [0.05, 0.1) is 13.1 Å². The number of nitrogens with two attached hydrogens (primary N) is 2. The standard InChI is InChI=1S/C33H36N7O7PS/c1-2-16-38-21-31(41)39-28(17-23-12-14-26(15-13-23)45-48(44,46-34)47-35)32(42)37(19-25-22-49-29-11-7-6-10-27(25)29)20-30(39)40(38)33(43)36-18-24-8-4-3-5-9-24/h2-15,22,28,30H,1,16-21,34-35H2,(H,36,43)/t28-,30-/m0/s1. The second-order valence-corrected chi connectivity index (χ2v) is 13.9. The van der Waals surface area contributed by atoms with E-state index in [1.54, 1.807) is 39.5 Å². The fourth-order valence-corrected chi connectivity index (χ4v) is 7.64. The maximum absolute atomic E-state index is 14.4. The van der Waals surface area contributed by atoms with E-state index in [4.69, 9.17) is 16.3 Å². The summed E-state index contributed by atoms with van der Waals surface area (Å²) >= 11 is 1.59. The lowest BCUT2D eigenvalue weighted by Gasteiger charge is -2.55. The van der Waals surface area contributed by atoms with Crippen molar-refractivity contribution < 1.29 is 32.7 Å². The van der Waals surface area contributed by atoms with E-state index in [2.05, 4.69) is 21.1 Å². The van der Waals surface area contributed by atoms with Gasteiger partial charge in [-0.25, -0.2) is 31.2 Å². The fraction of sp³-hybridized carbons (Fsp3) is 0.242. The van der Waals surface area contributed by atoms with Crippen molar-refractivity contribution in [3.05, 3.63) is 114 Å². The molecule has 256 valence electrons. The zero-order chi connectivity index (χ0) is 34.5. The summed E-state index contributed by atoms with van der Waals surface area (Å²) in [5, 5.41) is 9.27. The molecule has 14 nitrogen and oxygen atoms in total. The van der Waals surface area contributed by atoms with Gasteiger partial charge in [-0.2, -0.15) is 9.25 Å². The topological polar surface area (TPSA) is 173 Å². The number of amides is 4. The van der Waals surface area contributed by atoms with Crippen molar-refractivity contribution in [2.75, 3.05) is 19.6 Å². The van der Waals surface area contributed by atoms with Crippen molar-refractivity contribution in [1.29, 1.82) is 0 Å². The first-order chi connectivity index (χ1) is 23.7. The van der Waals surface area contributed by atoms with Gasteiger partial charge in [-0.1, -0.05) is 66.7 Å². The van der Waals surface area contributed by atoms with Crippen molar-refractivity contribution in [1.82, 2.24) is 25.1 Å². The Morgan fingerprint density at radius 1 is 1.00 bits per heavy atom. The Kier molecular flexibility index (Phi) is 10.4. The molecular formula is C33H36N7O7PS. The number of fused-ring (bicyclic) bond motifs is 2. The highest BCUT2D eigenvalue weighted by Gasteiger charge is 2.51. The molecule has 1 aromatic heterocycles. The van der Waals surface area contributed by atoms with Crippen LogP contribution in [0.25, 0.3) is 10.1 Å². The molecule has 4 aromatic rings. The molecule has 3 aromatic carbocycles. The van der Waals surface area contributed by atoms with Crippen LogP contribution in [0.3, 0.4) is 0 Å². The van der Waals surface area contributed by atoms with Crippen LogP contribution in [0.4, 0.5) is 4.79 Å². The molecule has 2 aliphatic heterocycles. The molecule has 2 aliphatic rings. The van der Waals surface area contributed by atoms with Crippen molar-refractivity contribution in [3.8, 4) is 5.75 Å². The first kappa shape index (κ1) is 34.3. The average molecular weight is 706 g/mol. The van der Waals surface area contributed by atoms with Gasteiger partial charge in [0, 0.05) is 30.8 Å². The van der Waals surface area contributed by atoms with E-state index in [1.807, 2.05) is 60.0 Å². The number of hydrogen-bond acceptors (Lipinski definition) is 11. The highest BCUT2D eigenvalue weighted by molar-refractivity contribution is 7.48. The number of piperazine rings is 1. The number of carbonyl (C=O) groups is 3. The molecule has 2 fully saturated rings. The Hall–Kier alpha value is -4.60. The Labute approximate surface area is 286 Å². The van der Waals surface area contributed by atoms with E-state index < -0.39 is 26.1 Å². The predicted molar refractivity (Wildman–Crippen MR) is 183 cm³/mol. The Morgan fingerprint density at radius 2 is 1.71 bits per heavy atom. The number of urea groups is 1. The van der Waals surface area contributed by atoms with Gasteiger partial charge in [-0.05, 0) is 45.7 Å². The molecule has 0 unspecified atom stereocenters. The number of hydrazine groups is 1. The number of carbonyl (C=O) groups excluding carboxylic acids is 3. The molecule has 0 saturated carbocycles.